The Bertz CT molecular complexity index is 2150. The maximum atomic E-state index is 14.7. The number of carbonyl (C=O) groups is 5. The minimum absolute atomic E-state index is 0.0298. The van der Waals surface area contributed by atoms with Crippen molar-refractivity contribution in [3.8, 4) is 0 Å². The number of hydrogen-bond donors (Lipinski definition) is 6. The number of allylic oxidation sites excluding steroid dienone is 6. The molecule has 0 aromatic carbocycles. The summed E-state index contributed by atoms with van der Waals surface area (Å²) in [6, 6.07) is -1.22. The summed E-state index contributed by atoms with van der Waals surface area (Å²) in [7, 11) is 4.46. The number of nitrogens with zero attached hydrogens (tertiary/aromatic N) is 1. The molecule has 0 spiro atoms. The Balaban J connectivity index is 1.56. The predicted molar refractivity (Wildman–Crippen MR) is 289 cm³/mol. The number of piperidine rings is 1. The lowest BCUT2D eigenvalue weighted by Crippen LogP contribution is -2.65. The van der Waals surface area contributed by atoms with Gasteiger partial charge in [-0.2, -0.15) is 0 Å². The van der Waals surface area contributed by atoms with Crippen molar-refractivity contribution in [1.29, 1.82) is 0 Å². The van der Waals surface area contributed by atoms with E-state index in [-0.39, 0.29) is 74.4 Å². The van der Waals surface area contributed by atoms with Crippen LogP contribution in [-0.4, -0.2) is 198 Å². The van der Waals surface area contributed by atoms with Gasteiger partial charge in [0.2, 0.25) is 11.6 Å². The average molecular weight is 1120 g/mol. The Morgan fingerprint density at radius 2 is 1.56 bits per heavy atom. The van der Waals surface area contributed by atoms with Crippen LogP contribution in [0.5, 0.6) is 0 Å². The number of esters is 1. The first-order valence-electron chi connectivity index (χ1n) is 28.5. The summed E-state index contributed by atoms with van der Waals surface area (Å²) in [5, 5.41) is 64.7. The van der Waals surface area contributed by atoms with Crippen LogP contribution in [0.15, 0.2) is 47.6 Å². The van der Waals surface area contributed by atoms with Crippen LogP contribution in [0.2, 0.25) is 0 Å². The number of carbonyl (C=O) groups excluding carboxylic acids is 5. The van der Waals surface area contributed by atoms with Crippen LogP contribution in [0.1, 0.15) is 126 Å². The van der Waals surface area contributed by atoms with Crippen LogP contribution in [-0.2, 0) is 61.9 Å². The minimum Gasteiger partial charge on any atom is -0.460 e. The minimum atomic E-state index is -2.49. The fourth-order valence-corrected chi connectivity index (χ4v) is 12.0. The quantitative estimate of drug-likeness (QED) is 0.0914. The SMILES string of the molecule is CO[C@H]1C[C@@H]2CC[C@@H](C)[C@@](O)(O2)C(=O)C(=O)N2CCCCC2C(=O)O[C@H]([C@H](C)CC2CC[C@@H](OCCO)[C@H](OC)C2)CC(=O)[C@H](C)/C=C(\C)[C@@H](OC2(CO)OC[C@@H](O)[C@H](O)[C@H]2O)[C@@H](OC)C(=O)[C@H](C)C[C@H](C)\C=C/C=C/C=C/1C. The van der Waals surface area contributed by atoms with Crippen molar-refractivity contribution in [2.45, 2.75) is 204 Å². The third kappa shape index (κ3) is 16.8. The summed E-state index contributed by atoms with van der Waals surface area (Å²) in [4.78, 5) is 74.0. The number of aliphatic hydroxyl groups excluding tert-OH is 5. The zero-order valence-corrected chi connectivity index (χ0v) is 48.2. The lowest BCUT2D eigenvalue weighted by molar-refractivity contribution is -0.361. The van der Waals surface area contributed by atoms with Gasteiger partial charge in [-0.3, -0.25) is 19.2 Å². The molecule has 20 nitrogen and oxygen atoms in total. The molecule has 0 radical (unpaired) electrons. The molecular formula is C59H93NO19. The highest BCUT2D eigenvalue weighted by molar-refractivity contribution is 6.39. The number of methoxy groups -OCH3 is 3. The summed E-state index contributed by atoms with van der Waals surface area (Å²) >= 11 is 0. The normalized spacial score (nSPS) is 41.3. The van der Waals surface area contributed by atoms with E-state index >= 15 is 0 Å². The van der Waals surface area contributed by atoms with Gasteiger partial charge in [0.05, 0.1) is 44.2 Å². The summed E-state index contributed by atoms with van der Waals surface area (Å²) in [6.07, 6.45) is 4.87. The third-order valence-corrected chi connectivity index (χ3v) is 17.1. The van der Waals surface area contributed by atoms with E-state index in [4.69, 9.17) is 37.9 Å². The summed E-state index contributed by atoms with van der Waals surface area (Å²) < 4.78 is 48.2. The van der Waals surface area contributed by atoms with Gasteiger partial charge in [0.25, 0.3) is 11.7 Å². The first kappa shape index (κ1) is 66.2. The molecule has 1 amide bonds. The topological polar surface area (TPSA) is 284 Å². The molecule has 0 aromatic rings. The standard InChI is InChI=1S/C59H93NO19/c1-34-16-12-11-13-17-35(2)47(72-8)30-42-21-19-40(7)59(71,78-42)55(68)56(69)60-23-15-14-18-43(60)57(70)77-48(37(4)28-41-20-22-46(75-25-24-61)49(29-41)73-9)31-44(63)36(3)27-39(6)52(53(74-10)50(65)38(5)26-34)79-58(33-62)54(67)51(66)45(64)32-76-58/h11-13,16-17,27,34,36-38,40-43,45-49,51-54,61-62,64,66-67,71H,14-15,18-26,28-33H2,1-10H3/b13-11+,16-12-,35-17+,39-27+/t34-,36-,37-,38-,40-,41?,42+,43?,45-,46-,47+,48+,49-,51+,52-,53+,54-,58?,59-/m1/s1. The van der Waals surface area contributed by atoms with Gasteiger partial charge in [-0.15, -0.1) is 0 Å². The summed E-state index contributed by atoms with van der Waals surface area (Å²) in [5.41, 5.74) is 1.09. The van der Waals surface area contributed by atoms with Gasteiger partial charge in [-0.1, -0.05) is 71.1 Å². The van der Waals surface area contributed by atoms with Gasteiger partial charge in [0.1, 0.15) is 55.1 Å². The van der Waals surface area contributed by atoms with E-state index in [1.807, 2.05) is 51.2 Å². The Labute approximate surface area is 466 Å². The third-order valence-electron chi connectivity index (χ3n) is 17.1. The number of ether oxygens (including phenoxy) is 8. The first-order valence-corrected chi connectivity index (χ1v) is 28.5. The Morgan fingerprint density at radius 1 is 0.823 bits per heavy atom. The van der Waals surface area contributed by atoms with Crippen LogP contribution in [0, 0.1) is 35.5 Å². The van der Waals surface area contributed by atoms with E-state index in [1.54, 1.807) is 48.0 Å². The zero-order valence-electron chi connectivity index (χ0n) is 48.2. The van der Waals surface area contributed by atoms with Crippen molar-refractivity contribution in [2.75, 3.05) is 54.3 Å². The lowest BCUT2D eigenvalue weighted by atomic mass is 9.78. The second kappa shape index (κ2) is 30.6. The van der Waals surface area contributed by atoms with Crippen LogP contribution in [0.4, 0.5) is 0 Å². The van der Waals surface area contributed by atoms with Crippen molar-refractivity contribution < 1.29 is 92.5 Å². The molecule has 6 N–H and O–H groups in total. The van der Waals surface area contributed by atoms with E-state index in [2.05, 4.69) is 0 Å². The van der Waals surface area contributed by atoms with Gasteiger partial charge in [-0.25, -0.2) is 4.79 Å². The molecule has 0 aromatic heterocycles. The smallest absolute Gasteiger partial charge is 0.329 e. The number of ketones is 3. The lowest BCUT2D eigenvalue weighted by Gasteiger charge is -2.46. The van der Waals surface area contributed by atoms with Crippen molar-refractivity contribution in [3.05, 3.63) is 47.6 Å². The van der Waals surface area contributed by atoms with Gasteiger partial charge in [-0.05, 0) is 107 Å². The fourth-order valence-electron chi connectivity index (χ4n) is 12.0. The van der Waals surface area contributed by atoms with E-state index in [9.17, 15) is 54.6 Å². The Kier molecular flexibility index (Phi) is 25.7. The average Bonchev–Trinajstić information content (AvgIpc) is 3.44. The molecule has 79 heavy (non-hydrogen) atoms. The summed E-state index contributed by atoms with van der Waals surface area (Å²) in [5.74, 6) is -11.6. The van der Waals surface area contributed by atoms with Gasteiger partial charge < -0.3 is 73.4 Å². The molecule has 1 aliphatic carbocycles. The van der Waals surface area contributed by atoms with E-state index in [0.717, 1.165) is 16.9 Å². The van der Waals surface area contributed by atoms with Crippen molar-refractivity contribution in [3.63, 3.8) is 0 Å². The molecule has 2 bridgehead atoms. The Morgan fingerprint density at radius 3 is 2.23 bits per heavy atom. The number of aliphatic hydroxyl groups is 6. The second-order valence-electron chi connectivity index (χ2n) is 23.0. The van der Waals surface area contributed by atoms with E-state index in [1.165, 1.54) is 7.11 Å². The number of Topliss-reactive ketones (excluding diaryl/α,β-unsaturated/α-hetero) is 3. The molecule has 19 atom stereocenters. The molecule has 20 heteroatoms. The monoisotopic (exact) mass is 1120 g/mol. The van der Waals surface area contributed by atoms with Crippen molar-refractivity contribution >= 4 is 29.2 Å². The molecule has 4 heterocycles. The number of hydrogen-bond acceptors (Lipinski definition) is 19. The first-order chi connectivity index (χ1) is 37.5. The van der Waals surface area contributed by atoms with Gasteiger partial charge in [0, 0.05) is 58.5 Å². The molecule has 448 valence electrons. The van der Waals surface area contributed by atoms with E-state index in [0.29, 0.717) is 51.4 Å². The molecule has 3 unspecified atom stereocenters. The number of rotatable bonds is 12. The molecule has 5 rings (SSSR count). The predicted octanol–water partition coefficient (Wildman–Crippen LogP) is 4.02. The highest BCUT2D eigenvalue weighted by atomic mass is 16.7. The zero-order chi connectivity index (χ0) is 58.4. The van der Waals surface area contributed by atoms with Crippen LogP contribution in [0.25, 0.3) is 0 Å². The highest BCUT2D eigenvalue weighted by Crippen LogP contribution is 2.39. The maximum absolute atomic E-state index is 14.7. The Hall–Kier alpha value is -3.61. The number of amides is 1. The van der Waals surface area contributed by atoms with Gasteiger partial charge in [0.15, 0.2) is 5.78 Å². The molecule has 4 aliphatic heterocycles. The highest BCUT2D eigenvalue weighted by Gasteiger charge is 2.55. The maximum Gasteiger partial charge on any atom is 0.329 e. The molecule has 5 aliphatic rings. The number of cyclic esters (lactones) is 1. The van der Waals surface area contributed by atoms with Gasteiger partial charge >= 0.3 is 5.97 Å². The van der Waals surface area contributed by atoms with Crippen molar-refractivity contribution in [1.82, 2.24) is 4.90 Å². The van der Waals surface area contributed by atoms with Crippen molar-refractivity contribution in [2.24, 2.45) is 35.5 Å². The fraction of sp³-hybridized carbons (Fsp3) is 0.780. The van der Waals surface area contributed by atoms with Crippen LogP contribution in [0.3, 0.4) is 0 Å². The molecular weight excluding hydrogens is 1030 g/mol. The van der Waals surface area contributed by atoms with Crippen LogP contribution < -0.4 is 0 Å². The molecule has 3 saturated heterocycles. The largest absolute Gasteiger partial charge is 0.460 e. The molecule has 4 fully saturated rings. The van der Waals surface area contributed by atoms with Crippen LogP contribution >= 0.6 is 0 Å². The van der Waals surface area contributed by atoms with E-state index < -0.39 is 127 Å². The number of fused-ring (bicyclic) bond motifs is 3. The summed E-state index contributed by atoms with van der Waals surface area (Å²) in [6.45, 7) is 10.8. The molecule has 1 saturated carbocycles. The second-order valence-corrected chi connectivity index (χ2v) is 23.0.